The van der Waals surface area contributed by atoms with Crippen molar-refractivity contribution in [1.29, 1.82) is 0 Å². The van der Waals surface area contributed by atoms with Crippen LogP contribution in [0.25, 0.3) is 0 Å². The van der Waals surface area contributed by atoms with E-state index in [1.54, 1.807) is 0 Å². The Labute approximate surface area is 128 Å². The van der Waals surface area contributed by atoms with Gasteiger partial charge in [0.15, 0.2) is 0 Å². The van der Waals surface area contributed by atoms with Crippen LogP contribution in [-0.4, -0.2) is 5.91 Å². The summed E-state index contributed by atoms with van der Waals surface area (Å²) >= 11 is 3.48. The zero-order valence-corrected chi connectivity index (χ0v) is 13.4. The van der Waals surface area contributed by atoms with Gasteiger partial charge in [0.2, 0.25) is 5.91 Å². The topological polar surface area (TPSA) is 55.1 Å². The molecule has 1 aromatic carbocycles. The summed E-state index contributed by atoms with van der Waals surface area (Å²) in [6, 6.07) is 3.78. The lowest BCUT2D eigenvalue weighted by Gasteiger charge is -2.21. The molecule has 2 bridgehead atoms. The molecular weight excluding hydrogens is 316 g/mol. The molecule has 3 rings (SSSR count). The Morgan fingerprint density at radius 3 is 2.85 bits per heavy atom. The lowest BCUT2D eigenvalue weighted by Crippen LogP contribution is -2.20. The molecule has 3 unspecified atom stereocenters. The van der Waals surface area contributed by atoms with Crippen molar-refractivity contribution >= 4 is 33.2 Å². The average molecular weight is 337 g/mol. The maximum atomic E-state index is 12.2. The van der Waals surface area contributed by atoms with Crippen LogP contribution in [0.4, 0.5) is 11.4 Å². The van der Waals surface area contributed by atoms with Crippen molar-refractivity contribution in [3.8, 4) is 0 Å². The number of carbonyl (C=O) groups excluding carboxylic acids is 1. The zero-order chi connectivity index (χ0) is 14.3. The number of fused-ring (bicyclic) bond motifs is 2. The van der Waals surface area contributed by atoms with Crippen LogP contribution >= 0.6 is 15.9 Å². The Bertz CT molecular complexity index is 544. The summed E-state index contributed by atoms with van der Waals surface area (Å²) in [5.41, 5.74) is 8.41. The number of hydrogen-bond donors (Lipinski definition) is 2. The Morgan fingerprint density at radius 1 is 1.40 bits per heavy atom. The first kappa shape index (κ1) is 13.9. The smallest absolute Gasteiger partial charge is 0.224 e. The van der Waals surface area contributed by atoms with E-state index in [1.165, 1.54) is 25.7 Å². The fourth-order valence-electron chi connectivity index (χ4n) is 3.85. The van der Waals surface area contributed by atoms with Gasteiger partial charge in [-0.3, -0.25) is 4.79 Å². The van der Waals surface area contributed by atoms with Crippen molar-refractivity contribution in [3.63, 3.8) is 0 Å². The Hall–Kier alpha value is -1.03. The van der Waals surface area contributed by atoms with E-state index >= 15 is 0 Å². The third-order valence-electron chi connectivity index (χ3n) is 4.96. The number of nitrogens with one attached hydrogen (secondary N) is 1. The quantitative estimate of drug-likeness (QED) is 0.816. The van der Waals surface area contributed by atoms with E-state index in [0.29, 0.717) is 18.0 Å². The second kappa shape index (κ2) is 5.40. The molecule has 3 atom stereocenters. The third kappa shape index (κ3) is 2.71. The van der Waals surface area contributed by atoms with Crippen LogP contribution in [0.3, 0.4) is 0 Å². The number of benzene rings is 1. The van der Waals surface area contributed by atoms with E-state index in [2.05, 4.69) is 21.2 Å². The molecule has 0 radical (unpaired) electrons. The number of aryl methyl sites for hydroxylation is 1. The number of nitrogens with two attached hydrogens (primary N) is 1. The number of nitrogen functional groups attached to an aromatic ring is 1. The molecule has 2 aliphatic carbocycles. The number of carbonyl (C=O) groups is 1. The standard InChI is InChI=1S/C16H21BrN2O/c1-9-4-13(17)15(8-14(9)18)19-16(20)7-12-6-10-2-3-11(12)5-10/h4,8,10-12H,2-3,5-7,18H2,1H3,(H,19,20). The van der Waals surface area contributed by atoms with Crippen molar-refractivity contribution in [2.45, 2.75) is 39.0 Å². The van der Waals surface area contributed by atoms with E-state index in [9.17, 15) is 4.79 Å². The predicted octanol–water partition coefficient (Wildman–Crippen LogP) is 4.10. The molecule has 0 spiro atoms. The first-order valence-corrected chi connectivity index (χ1v) is 8.17. The summed E-state index contributed by atoms with van der Waals surface area (Å²) in [5.74, 6) is 2.39. The van der Waals surface area contributed by atoms with Gasteiger partial charge in [-0.05, 0) is 77.6 Å². The summed E-state index contributed by atoms with van der Waals surface area (Å²) in [7, 11) is 0. The second-order valence-corrected chi connectivity index (χ2v) is 7.23. The summed E-state index contributed by atoms with van der Waals surface area (Å²) < 4.78 is 0.894. The minimum atomic E-state index is 0.117. The van der Waals surface area contributed by atoms with Crippen molar-refractivity contribution in [1.82, 2.24) is 0 Å². The highest BCUT2D eigenvalue weighted by atomic mass is 79.9. The van der Waals surface area contributed by atoms with Gasteiger partial charge < -0.3 is 11.1 Å². The molecule has 3 nitrogen and oxygen atoms in total. The molecule has 0 saturated heterocycles. The molecule has 2 saturated carbocycles. The number of rotatable bonds is 3. The van der Waals surface area contributed by atoms with Crippen molar-refractivity contribution in [2.75, 3.05) is 11.1 Å². The van der Waals surface area contributed by atoms with Gasteiger partial charge in [-0.2, -0.15) is 0 Å². The highest BCUT2D eigenvalue weighted by molar-refractivity contribution is 9.10. The van der Waals surface area contributed by atoms with Crippen LogP contribution in [0.5, 0.6) is 0 Å². The molecule has 1 aromatic rings. The van der Waals surface area contributed by atoms with Crippen molar-refractivity contribution in [3.05, 3.63) is 22.2 Å². The molecule has 2 fully saturated rings. The van der Waals surface area contributed by atoms with Gasteiger partial charge in [0.25, 0.3) is 0 Å². The molecule has 3 N–H and O–H groups in total. The van der Waals surface area contributed by atoms with Crippen molar-refractivity contribution < 1.29 is 4.79 Å². The molecule has 0 aliphatic heterocycles. The predicted molar refractivity (Wildman–Crippen MR) is 85.5 cm³/mol. The lowest BCUT2D eigenvalue weighted by molar-refractivity contribution is -0.117. The van der Waals surface area contributed by atoms with E-state index < -0.39 is 0 Å². The minimum Gasteiger partial charge on any atom is -0.398 e. The molecular formula is C16H21BrN2O. The van der Waals surface area contributed by atoms with E-state index in [4.69, 9.17) is 5.73 Å². The Balaban J connectivity index is 1.63. The largest absolute Gasteiger partial charge is 0.398 e. The first-order chi connectivity index (χ1) is 9.52. The molecule has 20 heavy (non-hydrogen) atoms. The molecule has 2 aliphatic rings. The number of anilines is 2. The van der Waals surface area contributed by atoms with Crippen LogP contribution in [0.15, 0.2) is 16.6 Å². The fraction of sp³-hybridized carbons (Fsp3) is 0.562. The SMILES string of the molecule is Cc1cc(Br)c(NC(=O)CC2CC3CCC2C3)cc1N. The lowest BCUT2D eigenvalue weighted by atomic mass is 9.86. The highest BCUT2D eigenvalue weighted by Crippen LogP contribution is 2.49. The fourth-order valence-corrected chi connectivity index (χ4v) is 4.41. The number of hydrogen-bond acceptors (Lipinski definition) is 2. The van der Waals surface area contributed by atoms with Crippen LogP contribution in [0.2, 0.25) is 0 Å². The van der Waals surface area contributed by atoms with Gasteiger partial charge in [-0.1, -0.05) is 6.42 Å². The monoisotopic (exact) mass is 336 g/mol. The maximum Gasteiger partial charge on any atom is 0.224 e. The Morgan fingerprint density at radius 2 is 2.20 bits per heavy atom. The van der Waals surface area contributed by atoms with E-state index in [1.807, 2.05) is 19.1 Å². The average Bonchev–Trinajstić information content (AvgIpc) is 2.98. The normalized spacial score (nSPS) is 27.8. The van der Waals surface area contributed by atoms with Gasteiger partial charge in [0, 0.05) is 16.6 Å². The zero-order valence-electron chi connectivity index (χ0n) is 11.8. The number of amides is 1. The molecule has 0 heterocycles. The van der Waals surface area contributed by atoms with Crippen LogP contribution < -0.4 is 11.1 Å². The third-order valence-corrected chi connectivity index (χ3v) is 5.62. The molecule has 1 amide bonds. The second-order valence-electron chi connectivity index (χ2n) is 6.38. The van der Waals surface area contributed by atoms with Crippen LogP contribution in [0, 0.1) is 24.7 Å². The maximum absolute atomic E-state index is 12.2. The summed E-state index contributed by atoms with van der Waals surface area (Å²) in [6.07, 6.45) is 5.95. The van der Waals surface area contributed by atoms with Gasteiger partial charge in [-0.25, -0.2) is 0 Å². The summed E-state index contributed by atoms with van der Waals surface area (Å²) in [5, 5.41) is 3.00. The van der Waals surface area contributed by atoms with Gasteiger partial charge in [-0.15, -0.1) is 0 Å². The minimum absolute atomic E-state index is 0.117. The summed E-state index contributed by atoms with van der Waals surface area (Å²) in [4.78, 5) is 12.2. The highest BCUT2D eigenvalue weighted by Gasteiger charge is 2.40. The van der Waals surface area contributed by atoms with E-state index in [0.717, 1.165) is 27.6 Å². The first-order valence-electron chi connectivity index (χ1n) is 7.38. The van der Waals surface area contributed by atoms with E-state index in [-0.39, 0.29) is 5.91 Å². The van der Waals surface area contributed by atoms with Crippen LogP contribution in [0.1, 0.15) is 37.7 Å². The van der Waals surface area contributed by atoms with Gasteiger partial charge in [0.05, 0.1) is 5.69 Å². The molecule has 0 aromatic heterocycles. The Kier molecular flexibility index (Phi) is 3.76. The van der Waals surface area contributed by atoms with Crippen molar-refractivity contribution in [2.24, 2.45) is 17.8 Å². The number of halogens is 1. The van der Waals surface area contributed by atoms with Crippen LogP contribution in [-0.2, 0) is 4.79 Å². The molecule has 4 heteroatoms. The van der Waals surface area contributed by atoms with Gasteiger partial charge >= 0.3 is 0 Å². The summed E-state index contributed by atoms with van der Waals surface area (Å²) in [6.45, 7) is 1.96. The molecule has 108 valence electrons. The van der Waals surface area contributed by atoms with Gasteiger partial charge in [0.1, 0.15) is 0 Å².